The normalized spacial score (nSPS) is 20.4. The van der Waals surface area contributed by atoms with E-state index in [0.29, 0.717) is 5.56 Å². The van der Waals surface area contributed by atoms with Crippen molar-refractivity contribution in [2.75, 3.05) is 32.8 Å². The van der Waals surface area contributed by atoms with Crippen LogP contribution in [0.1, 0.15) is 87.4 Å². The van der Waals surface area contributed by atoms with Crippen LogP contribution in [0.25, 0.3) is 22.2 Å². The number of aliphatic hydroxyl groups excluding tert-OH is 1. The number of fused-ring (bicyclic) bond motifs is 1. The molecule has 0 bridgehead atoms. The van der Waals surface area contributed by atoms with Gasteiger partial charge in [0.1, 0.15) is 11.9 Å². The minimum Gasteiger partial charge on any atom is -0.490 e. The Morgan fingerprint density at radius 3 is 2.49 bits per heavy atom. The molecule has 6 rings (SSSR count). The fourth-order valence-electron chi connectivity index (χ4n) is 7.60. The van der Waals surface area contributed by atoms with Crippen molar-refractivity contribution >= 4 is 16.8 Å². The lowest BCUT2D eigenvalue weighted by Crippen LogP contribution is -2.40. The highest BCUT2D eigenvalue weighted by molar-refractivity contribution is 6.01. The number of aromatic nitrogens is 2. The number of likely N-dealkylation sites (tertiary alicyclic amines) is 1. The molecule has 1 aromatic heterocycles. The SMILES string of the molecule is O=C(NCC1(CC2CCCC2)CCCCC1)c1ccc2[nH]nc(-c3ccc(OC4CCN(CCO)CC4)cc3)c2c1. The standard InChI is InChI=1S/C34H46N4O3/c39-21-20-38-18-14-29(15-19-38)41-28-11-8-26(9-12-28)32-30-22-27(10-13-31(30)36-37-32)33(40)35-24-34(16-4-1-5-17-34)23-25-6-2-3-7-25/h8-13,22,25,29,39H,1-7,14-21,23-24H2,(H,35,40)(H,36,37). The number of aromatic amines is 1. The van der Waals surface area contributed by atoms with Crippen LogP contribution in [0.5, 0.6) is 5.75 Å². The van der Waals surface area contributed by atoms with E-state index < -0.39 is 0 Å². The van der Waals surface area contributed by atoms with Crippen molar-refractivity contribution in [1.82, 2.24) is 20.4 Å². The average Bonchev–Trinajstić information content (AvgIpc) is 3.68. The number of carbonyl (C=O) groups excluding carboxylic acids is 1. The molecule has 2 saturated carbocycles. The molecular formula is C34H46N4O3. The van der Waals surface area contributed by atoms with Gasteiger partial charge in [-0.2, -0.15) is 5.10 Å². The molecular weight excluding hydrogens is 512 g/mol. The summed E-state index contributed by atoms with van der Waals surface area (Å²) in [5.41, 5.74) is 3.74. The molecule has 2 aliphatic carbocycles. The lowest BCUT2D eigenvalue weighted by molar-refractivity contribution is 0.0878. The van der Waals surface area contributed by atoms with Gasteiger partial charge in [0.05, 0.1) is 17.8 Å². The van der Waals surface area contributed by atoms with Crippen LogP contribution in [0.2, 0.25) is 0 Å². The first-order chi connectivity index (χ1) is 20.1. The first kappa shape index (κ1) is 28.2. The van der Waals surface area contributed by atoms with Crippen LogP contribution in [0.4, 0.5) is 0 Å². The molecule has 3 aliphatic rings. The van der Waals surface area contributed by atoms with Crippen LogP contribution >= 0.6 is 0 Å². The van der Waals surface area contributed by atoms with Crippen LogP contribution in [-0.4, -0.2) is 65.0 Å². The molecule has 7 heteroatoms. The predicted octanol–water partition coefficient (Wildman–Crippen LogP) is 6.33. The van der Waals surface area contributed by atoms with Crippen LogP contribution in [-0.2, 0) is 0 Å². The Bertz CT molecular complexity index is 1280. The van der Waals surface area contributed by atoms with E-state index in [2.05, 4.69) is 32.5 Å². The van der Waals surface area contributed by atoms with Gasteiger partial charge >= 0.3 is 0 Å². The second-order valence-corrected chi connectivity index (χ2v) is 12.8. The monoisotopic (exact) mass is 558 g/mol. The number of rotatable bonds is 10. The molecule has 0 atom stereocenters. The number of hydrogen-bond donors (Lipinski definition) is 3. The Labute approximate surface area is 244 Å². The van der Waals surface area contributed by atoms with Gasteiger partial charge in [-0.3, -0.25) is 9.89 Å². The van der Waals surface area contributed by atoms with Crippen LogP contribution in [0.15, 0.2) is 42.5 Å². The maximum atomic E-state index is 13.4. The summed E-state index contributed by atoms with van der Waals surface area (Å²) in [6, 6.07) is 14.0. The first-order valence-electron chi connectivity index (χ1n) is 16.0. The highest BCUT2D eigenvalue weighted by Gasteiger charge is 2.35. The summed E-state index contributed by atoms with van der Waals surface area (Å²) in [5.74, 6) is 1.73. The highest BCUT2D eigenvalue weighted by atomic mass is 16.5. The van der Waals surface area contributed by atoms with Gasteiger partial charge in [0.25, 0.3) is 5.91 Å². The third kappa shape index (κ3) is 6.78. The number of amides is 1. The number of benzene rings is 2. The maximum Gasteiger partial charge on any atom is 0.251 e. The predicted molar refractivity (Wildman–Crippen MR) is 163 cm³/mol. The molecule has 1 saturated heterocycles. The molecule has 0 radical (unpaired) electrons. The van der Waals surface area contributed by atoms with Crippen molar-refractivity contribution in [3.63, 3.8) is 0 Å². The van der Waals surface area contributed by atoms with Gasteiger partial charge in [0, 0.05) is 42.7 Å². The second-order valence-electron chi connectivity index (χ2n) is 12.8. The van der Waals surface area contributed by atoms with E-state index in [1.807, 2.05) is 30.3 Å². The van der Waals surface area contributed by atoms with Crippen LogP contribution < -0.4 is 10.1 Å². The molecule has 41 heavy (non-hydrogen) atoms. The number of aliphatic hydroxyl groups is 1. The van der Waals surface area contributed by atoms with Crippen molar-refractivity contribution < 1.29 is 14.6 Å². The van der Waals surface area contributed by atoms with Gasteiger partial charge in [-0.25, -0.2) is 0 Å². The van der Waals surface area contributed by atoms with Gasteiger partial charge in [-0.1, -0.05) is 44.9 Å². The van der Waals surface area contributed by atoms with Crippen molar-refractivity contribution in [1.29, 1.82) is 0 Å². The minimum atomic E-state index is 0.0178. The van der Waals surface area contributed by atoms with Gasteiger partial charge in [-0.05, 0) is 85.9 Å². The summed E-state index contributed by atoms with van der Waals surface area (Å²) < 4.78 is 6.25. The van der Waals surface area contributed by atoms with Crippen molar-refractivity contribution in [3.8, 4) is 17.0 Å². The van der Waals surface area contributed by atoms with E-state index in [1.54, 1.807) is 0 Å². The number of hydrogen-bond acceptors (Lipinski definition) is 5. The summed E-state index contributed by atoms with van der Waals surface area (Å²) in [5, 5.41) is 21.2. The zero-order valence-corrected chi connectivity index (χ0v) is 24.4. The van der Waals surface area contributed by atoms with Gasteiger partial charge in [0.2, 0.25) is 0 Å². The Kier molecular flexibility index (Phi) is 8.92. The lowest BCUT2D eigenvalue weighted by Gasteiger charge is -2.39. The highest BCUT2D eigenvalue weighted by Crippen LogP contribution is 2.44. The third-order valence-corrected chi connectivity index (χ3v) is 9.94. The molecule has 3 fully saturated rings. The molecule has 7 nitrogen and oxygen atoms in total. The molecule has 1 amide bonds. The smallest absolute Gasteiger partial charge is 0.251 e. The quantitative estimate of drug-likeness (QED) is 0.271. The third-order valence-electron chi connectivity index (χ3n) is 9.94. The number of ether oxygens (including phenoxy) is 1. The van der Waals surface area contributed by atoms with E-state index in [4.69, 9.17) is 9.84 Å². The summed E-state index contributed by atoms with van der Waals surface area (Å²) in [7, 11) is 0. The van der Waals surface area contributed by atoms with Crippen molar-refractivity contribution in [2.45, 2.75) is 83.2 Å². The van der Waals surface area contributed by atoms with Gasteiger partial charge in [-0.15, -0.1) is 0 Å². The second kappa shape index (κ2) is 13.0. The summed E-state index contributed by atoms with van der Waals surface area (Å²) in [4.78, 5) is 15.7. The van der Waals surface area contributed by atoms with Crippen molar-refractivity contribution in [3.05, 3.63) is 48.0 Å². The summed E-state index contributed by atoms with van der Waals surface area (Å²) in [6.07, 6.45) is 15.3. The number of β-amino-alcohol motifs (C(OH)–C–C–N with tert-alkyl or cyclic N) is 1. The van der Waals surface area contributed by atoms with Gasteiger partial charge < -0.3 is 20.1 Å². The van der Waals surface area contributed by atoms with Crippen molar-refractivity contribution in [2.24, 2.45) is 11.3 Å². The van der Waals surface area contributed by atoms with Gasteiger partial charge in [0.15, 0.2) is 0 Å². The molecule has 220 valence electrons. The number of nitrogens with one attached hydrogen (secondary N) is 2. The molecule has 0 spiro atoms. The Balaban J connectivity index is 1.11. The Hall–Kier alpha value is -2.90. The Morgan fingerprint density at radius 1 is 1.00 bits per heavy atom. The van der Waals surface area contributed by atoms with E-state index in [1.165, 1.54) is 64.2 Å². The maximum absolute atomic E-state index is 13.4. The van der Waals surface area contributed by atoms with E-state index >= 15 is 0 Å². The minimum absolute atomic E-state index is 0.0178. The van der Waals surface area contributed by atoms with Crippen LogP contribution in [0, 0.1) is 11.3 Å². The summed E-state index contributed by atoms with van der Waals surface area (Å²) >= 11 is 0. The Morgan fingerprint density at radius 2 is 1.76 bits per heavy atom. The number of carbonyl (C=O) groups is 1. The fraction of sp³-hybridized carbons (Fsp3) is 0.588. The number of H-pyrrole nitrogens is 1. The first-order valence-corrected chi connectivity index (χ1v) is 16.0. The van der Waals surface area contributed by atoms with E-state index in [-0.39, 0.29) is 24.0 Å². The van der Waals surface area contributed by atoms with E-state index in [9.17, 15) is 4.79 Å². The number of nitrogens with zero attached hydrogens (tertiary/aromatic N) is 2. The number of piperidine rings is 1. The molecule has 0 unspecified atom stereocenters. The van der Waals surface area contributed by atoms with E-state index in [0.717, 1.165) is 72.8 Å². The zero-order valence-electron chi connectivity index (χ0n) is 24.4. The largest absolute Gasteiger partial charge is 0.490 e. The topological polar surface area (TPSA) is 90.5 Å². The molecule has 3 aromatic rings. The molecule has 2 aromatic carbocycles. The molecule has 2 heterocycles. The fourth-order valence-corrected chi connectivity index (χ4v) is 7.60. The summed E-state index contributed by atoms with van der Waals surface area (Å²) in [6.45, 7) is 3.66. The molecule has 1 aliphatic heterocycles. The lowest BCUT2D eigenvalue weighted by atomic mass is 9.68. The van der Waals surface area contributed by atoms with Crippen LogP contribution in [0.3, 0.4) is 0 Å². The average molecular weight is 559 g/mol. The molecule has 3 N–H and O–H groups in total. The zero-order chi connectivity index (χ0) is 28.1.